The van der Waals surface area contributed by atoms with Crippen molar-refractivity contribution in [2.75, 3.05) is 0 Å². The number of imidazole rings is 1. The van der Waals surface area contributed by atoms with E-state index in [0.29, 0.717) is 11.3 Å². The molecule has 1 unspecified atom stereocenters. The van der Waals surface area contributed by atoms with E-state index in [-0.39, 0.29) is 0 Å². The Morgan fingerprint density at radius 1 is 1.31 bits per heavy atom. The van der Waals surface area contributed by atoms with Gasteiger partial charge in [-0.1, -0.05) is 0 Å². The maximum Gasteiger partial charge on any atom is 0.127 e. The maximum atomic E-state index is 10.1. The Morgan fingerprint density at radius 3 is 2.94 bits per heavy atom. The minimum absolute atomic E-state index is 0.643. The van der Waals surface area contributed by atoms with Crippen LogP contribution in [0.3, 0.4) is 0 Å². The number of fused-ring (bicyclic) bond motifs is 1. The van der Waals surface area contributed by atoms with Gasteiger partial charge in [0.15, 0.2) is 0 Å². The molecule has 0 saturated carbocycles. The number of hydrogen-bond donors (Lipinski definition) is 1. The summed E-state index contributed by atoms with van der Waals surface area (Å²) in [5.74, 6) is 0. The summed E-state index contributed by atoms with van der Waals surface area (Å²) in [7, 11) is 0. The molecular formula is C10H8N4OS. The molecule has 0 aliphatic rings. The highest BCUT2D eigenvalue weighted by Crippen LogP contribution is 2.26. The minimum Gasteiger partial charge on any atom is -0.382 e. The van der Waals surface area contributed by atoms with Crippen LogP contribution in [-0.4, -0.2) is 24.5 Å². The summed E-state index contributed by atoms with van der Waals surface area (Å²) in [6.07, 6.45) is 7.44. The van der Waals surface area contributed by atoms with Crippen LogP contribution < -0.4 is 0 Å². The highest BCUT2D eigenvalue weighted by atomic mass is 32.1. The zero-order valence-corrected chi connectivity index (χ0v) is 9.00. The van der Waals surface area contributed by atoms with E-state index in [1.165, 1.54) is 6.33 Å². The van der Waals surface area contributed by atoms with Crippen LogP contribution in [0.1, 0.15) is 17.4 Å². The van der Waals surface area contributed by atoms with Crippen LogP contribution in [0.5, 0.6) is 0 Å². The molecule has 0 aliphatic heterocycles. The molecule has 3 rings (SSSR count). The van der Waals surface area contributed by atoms with E-state index in [1.807, 2.05) is 16.0 Å². The van der Waals surface area contributed by atoms with Crippen molar-refractivity contribution in [2.45, 2.75) is 6.10 Å². The van der Waals surface area contributed by atoms with E-state index in [1.54, 1.807) is 30.1 Å². The monoisotopic (exact) mass is 232 g/mol. The van der Waals surface area contributed by atoms with Gasteiger partial charge >= 0.3 is 0 Å². The first-order chi connectivity index (χ1) is 7.86. The van der Waals surface area contributed by atoms with Crippen LogP contribution in [0.4, 0.5) is 0 Å². The minimum atomic E-state index is -0.773. The first kappa shape index (κ1) is 9.44. The lowest BCUT2D eigenvalue weighted by Gasteiger charge is -2.06. The van der Waals surface area contributed by atoms with Gasteiger partial charge < -0.3 is 5.11 Å². The molecule has 0 amide bonds. The van der Waals surface area contributed by atoms with E-state index < -0.39 is 6.10 Å². The van der Waals surface area contributed by atoms with Gasteiger partial charge in [0.05, 0.1) is 0 Å². The highest BCUT2D eigenvalue weighted by Gasteiger charge is 2.17. The largest absolute Gasteiger partial charge is 0.382 e. The van der Waals surface area contributed by atoms with Gasteiger partial charge in [-0.05, 0) is 0 Å². The third kappa shape index (κ3) is 1.39. The predicted molar refractivity (Wildman–Crippen MR) is 59.2 cm³/mol. The van der Waals surface area contributed by atoms with Crippen LogP contribution in [0, 0.1) is 0 Å². The summed E-state index contributed by atoms with van der Waals surface area (Å²) < 4.78 is 1.88. The number of aliphatic hydroxyl groups excluding tert-OH is 1. The summed E-state index contributed by atoms with van der Waals surface area (Å²) in [4.78, 5) is 12.9. The molecule has 5 nitrogen and oxygen atoms in total. The number of hydrogen-bond acceptors (Lipinski definition) is 5. The van der Waals surface area contributed by atoms with Crippen molar-refractivity contribution in [2.24, 2.45) is 0 Å². The Morgan fingerprint density at radius 2 is 2.12 bits per heavy atom. The molecule has 16 heavy (non-hydrogen) atoms. The van der Waals surface area contributed by atoms with E-state index in [4.69, 9.17) is 0 Å². The summed E-state index contributed by atoms with van der Waals surface area (Å²) in [6, 6.07) is 0. The quantitative estimate of drug-likeness (QED) is 0.722. The average Bonchev–Trinajstić information content (AvgIpc) is 2.91. The van der Waals surface area contributed by atoms with Crippen LogP contribution >= 0.6 is 11.3 Å². The molecule has 1 atom stereocenters. The molecule has 6 heteroatoms. The molecule has 0 radical (unpaired) electrons. The SMILES string of the molecule is OC(c1cncnc1)c1ncn2ccsc12. The van der Waals surface area contributed by atoms with Crippen molar-refractivity contribution in [1.29, 1.82) is 0 Å². The fraction of sp³-hybridized carbons (Fsp3) is 0.100. The summed E-state index contributed by atoms with van der Waals surface area (Å²) in [5.41, 5.74) is 1.29. The van der Waals surface area contributed by atoms with Gasteiger partial charge in [0.25, 0.3) is 0 Å². The number of nitrogens with zero attached hydrogens (tertiary/aromatic N) is 4. The molecule has 0 aromatic carbocycles. The first-order valence-electron chi connectivity index (χ1n) is 4.69. The second-order valence-corrected chi connectivity index (χ2v) is 4.21. The Labute approximate surface area is 95.1 Å². The molecule has 3 heterocycles. The summed E-state index contributed by atoms with van der Waals surface area (Å²) in [5, 5.41) is 12.1. The Hall–Kier alpha value is -1.79. The van der Waals surface area contributed by atoms with Gasteiger partial charge in [-0.25, -0.2) is 15.0 Å². The number of aromatic nitrogens is 4. The predicted octanol–water partition coefficient (Wildman–Crippen LogP) is 1.27. The Kier molecular flexibility index (Phi) is 2.16. The number of aliphatic hydroxyl groups is 1. The van der Waals surface area contributed by atoms with Crippen LogP contribution in [0.25, 0.3) is 4.83 Å². The Bertz CT molecular complexity index is 603. The maximum absolute atomic E-state index is 10.1. The van der Waals surface area contributed by atoms with Gasteiger partial charge in [0.1, 0.15) is 29.3 Å². The van der Waals surface area contributed by atoms with Crippen LogP contribution in [0.2, 0.25) is 0 Å². The van der Waals surface area contributed by atoms with Gasteiger partial charge in [-0.2, -0.15) is 0 Å². The van der Waals surface area contributed by atoms with E-state index in [9.17, 15) is 5.11 Å². The third-order valence-electron chi connectivity index (χ3n) is 2.33. The highest BCUT2D eigenvalue weighted by molar-refractivity contribution is 7.15. The second kappa shape index (κ2) is 3.66. The van der Waals surface area contributed by atoms with Crippen molar-refractivity contribution in [1.82, 2.24) is 19.4 Å². The topological polar surface area (TPSA) is 63.3 Å². The average molecular weight is 232 g/mol. The van der Waals surface area contributed by atoms with Gasteiger partial charge in [0, 0.05) is 29.5 Å². The summed E-state index contributed by atoms with van der Waals surface area (Å²) in [6.45, 7) is 0. The van der Waals surface area contributed by atoms with Crippen molar-refractivity contribution in [3.8, 4) is 0 Å². The van der Waals surface area contributed by atoms with Crippen LogP contribution in [0.15, 0.2) is 36.6 Å². The van der Waals surface area contributed by atoms with E-state index in [0.717, 1.165) is 4.83 Å². The van der Waals surface area contributed by atoms with Crippen molar-refractivity contribution in [3.63, 3.8) is 0 Å². The lowest BCUT2D eigenvalue weighted by atomic mass is 10.1. The molecule has 0 aliphatic carbocycles. The summed E-state index contributed by atoms with van der Waals surface area (Å²) >= 11 is 1.54. The fourth-order valence-electron chi connectivity index (χ4n) is 1.55. The zero-order chi connectivity index (χ0) is 11.0. The number of rotatable bonds is 2. The molecular weight excluding hydrogens is 224 g/mol. The molecule has 0 bridgehead atoms. The van der Waals surface area contributed by atoms with Gasteiger partial charge in [0.2, 0.25) is 0 Å². The van der Waals surface area contributed by atoms with Gasteiger partial charge in [-0.15, -0.1) is 11.3 Å². The first-order valence-corrected chi connectivity index (χ1v) is 5.57. The number of thiazole rings is 1. The smallest absolute Gasteiger partial charge is 0.127 e. The molecule has 0 fully saturated rings. The third-order valence-corrected chi connectivity index (χ3v) is 3.23. The zero-order valence-electron chi connectivity index (χ0n) is 8.19. The van der Waals surface area contributed by atoms with Crippen molar-refractivity contribution < 1.29 is 5.11 Å². The lowest BCUT2D eigenvalue weighted by molar-refractivity contribution is 0.216. The Balaban J connectivity index is 2.08. The second-order valence-electron chi connectivity index (χ2n) is 3.32. The van der Waals surface area contributed by atoms with E-state index >= 15 is 0 Å². The standard InChI is InChI=1S/C10H8N4OS/c15-9(7-3-11-5-12-4-7)8-10-14(6-13-8)1-2-16-10/h1-6,9,15H. The van der Waals surface area contributed by atoms with Crippen molar-refractivity contribution in [3.05, 3.63) is 47.9 Å². The molecule has 80 valence electrons. The molecule has 1 N–H and O–H groups in total. The van der Waals surface area contributed by atoms with E-state index in [2.05, 4.69) is 15.0 Å². The molecule has 0 spiro atoms. The van der Waals surface area contributed by atoms with Gasteiger partial charge in [-0.3, -0.25) is 4.40 Å². The molecule has 3 aromatic heterocycles. The molecule has 0 saturated heterocycles. The normalized spacial score (nSPS) is 13.1. The van der Waals surface area contributed by atoms with Crippen molar-refractivity contribution >= 4 is 16.2 Å². The van der Waals surface area contributed by atoms with Crippen LogP contribution in [-0.2, 0) is 0 Å². The molecule has 3 aromatic rings. The lowest BCUT2D eigenvalue weighted by Crippen LogP contribution is -2.01. The fourth-order valence-corrected chi connectivity index (χ4v) is 2.39.